The Morgan fingerprint density at radius 2 is 2.11 bits per heavy atom. The average molecular weight is 268 g/mol. The summed E-state index contributed by atoms with van der Waals surface area (Å²) in [5.41, 5.74) is 4.85. The van der Waals surface area contributed by atoms with E-state index in [0.29, 0.717) is 24.4 Å². The number of anilines is 1. The van der Waals surface area contributed by atoms with Crippen LogP contribution in [0.15, 0.2) is 0 Å². The summed E-state index contributed by atoms with van der Waals surface area (Å²) in [5, 5.41) is 16.3. The number of nitrogens with zero attached hydrogens (tertiary/aromatic N) is 2. The number of nitrogens with one attached hydrogen (secondary N) is 1. The van der Waals surface area contributed by atoms with Crippen LogP contribution < -0.4 is 11.1 Å². The van der Waals surface area contributed by atoms with Gasteiger partial charge in [0.05, 0.1) is 5.69 Å². The van der Waals surface area contributed by atoms with Crippen molar-refractivity contribution in [1.82, 2.24) is 9.78 Å². The van der Waals surface area contributed by atoms with Crippen molar-refractivity contribution in [2.75, 3.05) is 5.32 Å². The van der Waals surface area contributed by atoms with Gasteiger partial charge in [-0.3, -0.25) is 9.48 Å². The lowest BCUT2D eigenvalue weighted by Gasteiger charge is -2.27. The first-order valence-electron chi connectivity index (χ1n) is 6.08. The Bertz CT molecular complexity index is 509. The molecule has 7 heteroatoms. The van der Waals surface area contributed by atoms with E-state index in [-0.39, 0.29) is 5.56 Å². The zero-order valence-electron chi connectivity index (χ0n) is 11.6. The zero-order valence-corrected chi connectivity index (χ0v) is 11.6. The summed E-state index contributed by atoms with van der Waals surface area (Å²) in [6.45, 7) is 5.13. The van der Waals surface area contributed by atoms with E-state index < -0.39 is 17.4 Å². The van der Waals surface area contributed by atoms with E-state index in [9.17, 15) is 14.7 Å². The molecule has 1 unspecified atom stereocenters. The van der Waals surface area contributed by atoms with Gasteiger partial charge in [-0.1, -0.05) is 13.3 Å². The van der Waals surface area contributed by atoms with Crippen LogP contribution in [0, 0.1) is 6.92 Å². The van der Waals surface area contributed by atoms with Crippen LogP contribution >= 0.6 is 0 Å². The third-order valence-electron chi connectivity index (χ3n) is 3.08. The summed E-state index contributed by atoms with van der Waals surface area (Å²) in [7, 11) is 1.63. The number of aryl methyl sites for hydroxylation is 2. The van der Waals surface area contributed by atoms with Gasteiger partial charge >= 0.3 is 5.97 Å². The molecular weight excluding hydrogens is 248 g/mol. The molecule has 19 heavy (non-hydrogen) atoms. The molecule has 1 heterocycles. The van der Waals surface area contributed by atoms with Gasteiger partial charge in [0.15, 0.2) is 0 Å². The van der Waals surface area contributed by atoms with Gasteiger partial charge in [-0.05, 0) is 20.3 Å². The number of carbonyl (C=O) groups is 2. The van der Waals surface area contributed by atoms with Crippen LogP contribution in [-0.4, -0.2) is 32.3 Å². The number of primary amides is 1. The van der Waals surface area contributed by atoms with Crippen LogP contribution in [0.5, 0.6) is 0 Å². The molecule has 1 aromatic heterocycles. The van der Waals surface area contributed by atoms with Crippen molar-refractivity contribution < 1.29 is 14.7 Å². The molecule has 1 aromatic rings. The van der Waals surface area contributed by atoms with Crippen molar-refractivity contribution in [2.45, 2.75) is 39.2 Å². The third-order valence-corrected chi connectivity index (χ3v) is 3.08. The fourth-order valence-corrected chi connectivity index (χ4v) is 2.08. The molecule has 0 aliphatic rings. The molecule has 0 radical (unpaired) electrons. The molecule has 0 aromatic carbocycles. The molecule has 4 N–H and O–H groups in total. The summed E-state index contributed by atoms with van der Waals surface area (Å²) in [6.07, 6.45) is 1.11. The molecular formula is C12H20N4O3. The van der Waals surface area contributed by atoms with E-state index in [1.807, 2.05) is 6.92 Å². The second-order valence-electron chi connectivity index (χ2n) is 4.81. The van der Waals surface area contributed by atoms with Crippen molar-refractivity contribution in [2.24, 2.45) is 12.8 Å². The smallest absolute Gasteiger partial charge is 0.329 e. The van der Waals surface area contributed by atoms with Crippen molar-refractivity contribution >= 4 is 17.7 Å². The number of hydrogen-bond acceptors (Lipinski definition) is 4. The lowest BCUT2D eigenvalue weighted by molar-refractivity contribution is -0.142. The maximum atomic E-state index is 11.5. The van der Waals surface area contributed by atoms with Crippen LogP contribution in [0.25, 0.3) is 0 Å². The highest BCUT2D eigenvalue weighted by Gasteiger charge is 2.34. The van der Waals surface area contributed by atoms with Gasteiger partial charge in [0.25, 0.3) is 5.91 Å². The summed E-state index contributed by atoms with van der Waals surface area (Å²) in [5.74, 6) is -1.27. The largest absolute Gasteiger partial charge is 0.480 e. The molecule has 7 nitrogen and oxygen atoms in total. The Hall–Kier alpha value is -2.05. The highest BCUT2D eigenvalue weighted by Crippen LogP contribution is 2.25. The van der Waals surface area contributed by atoms with Crippen molar-refractivity contribution in [1.29, 1.82) is 0 Å². The van der Waals surface area contributed by atoms with Gasteiger partial charge < -0.3 is 16.2 Å². The van der Waals surface area contributed by atoms with Crippen LogP contribution in [0.2, 0.25) is 0 Å². The molecule has 0 saturated heterocycles. The lowest BCUT2D eigenvalue weighted by atomic mass is 9.96. The average Bonchev–Trinajstić information content (AvgIpc) is 2.53. The summed E-state index contributed by atoms with van der Waals surface area (Å²) < 4.78 is 1.44. The summed E-state index contributed by atoms with van der Waals surface area (Å²) in [4.78, 5) is 22.9. The molecule has 106 valence electrons. The van der Waals surface area contributed by atoms with Gasteiger partial charge in [-0.15, -0.1) is 0 Å². The highest BCUT2D eigenvalue weighted by atomic mass is 16.4. The normalized spacial score (nSPS) is 13.9. The van der Waals surface area contributed by atoms with Crippen molar-refractivity contribution in [3.8, 4) is 0 Å². The standard InChI is InChI=1S/C12H20N4O3/c1-5-6-12(3,11(18)19)14-10-8(9(13)17)7(2)15-16(10)4/h14H,5-6H2,1-4H3,(H2,13,17)(H,18,19). The predicted octanol–water partition coefficient (Wildman–Crippen LogP) is 0.883. The number of carbonyl (C=O) groups excluding carboxylic acids is 1. The maximum Gasteiger partial charge on any atom is 0.329 e. The van der Waals surface area contributed by atoms with Crippen LogP contribution in [0.3, 0.4) is 0 Å². The van der Waals surface area contributed by atoms with Gasteiger partial charge in [0, 0.05) is 7.05 Å². The molecule has 1 rings (SSSR count). The molecule has 1 amide bonds. The predicted molar refractivity (Wildman–Crippen MR) is 71.0 cm³/mol. The topological polar surface area (TPSA) is 110 Å². The first-order valence-corrected chi connectivity index (χ1v) is 6.08. The molecule has 0 spiro atoms. The van der Waals surface area contributed by atoms with E-state index in [1.54, 1.807) is 20.9 Å². The Balaban J connectivity index is 3.24. The molecule has 1 atom stereocenters. The van der Waals surface area contributed by atoms with Crippen LogP contribution in [0.1, 0.15) is 42.7 Å². The monoisotopic (exact) mass is 268 g/mol. The Kier molecular flexibility index (Phi) is 4.18. The Morgan fingerprint density at radius 3 is 2.53 bits per heavy atom. The number of carboxylic acids is 1. The highest BCUT2D eigenvalue weighted by molar-refractivity contribution is 5.99. The minimum atomic E-state index is -1.17. The Morgan fingerprint density at radius 1 is 1.53 bits per heavy atom. The molecule has 0 fully saturated rings. The van der Waals surface area contributed by atoms with E-state index in [1.165, 1.54) is 4.68 Å². The van der Waals surface area contributed by atoms with Crippen LogP contribution in [-0.2, 0) is 11.8 Å². The first-order chi connectivity index (χ1) is 8.73. The van der Waals surface area contributed by atoms with Crippen LogP contribution in [0.4, 0.5) is 5.82 Å². The lowest BCUT2D eigenvalue weighted by Crippen LogP contribution is -2.44. The SMILES string of the molecule is CCCC(C)(Nc1c(C(N)=O)c(C)nn1C)C(=O)O. The fourth-order valence-electron chi connectivity index (χ4n) is 2.08. The number of rotatable bonds is 6. The number of carboxylic acid groups (broad SMARTS) is 1. The fraction of sp³-hybridized carbons (Fsp3) is 0.583. The quantitative estimate of drug-likeness (QED) is 0.709. The molecule has 0 aliphatic carbocycles. The molecule has 0 aliphatic heterocycles. The second kappa shape index (κ2) is 5.29. The van der Waals surface area contributed by atoms with Gasteiger partial charge in [-0.2, -0.15) is 5.10 Å². The van der Waals surface area contributed by atoms with E-state index in [0.717, 1.165) is 0 Å². The number of aromatic nitrogens is 2. The number of nitrogens with two attached hydrogens (primary N) is 1. The number of aliphatic carboxylic acids is 1. The molecule has 0 bridgehead atoms. The minimum Gasteiger partial charge on any atom is -0.480 e. The van der Waals surface area contributed by atoms with Crippen molar-refractivity contribution in [3.63, 3.8) is 0 Å². The Labute approximate surface area is 111 Å². The maximum absolute atomic E-state index is 11.5. The minimum absolute atomic E-state index is 0.228. The summed E-state index contributed by atoms with van der Waals surface area (Å²) in [6, 6.07) is 0. The van der Waals surface area contributed by atoms with Gasteiger partial charge in [0.1, 0.15) is 16.9 Å². The van der Waals surface area contributed by atoms with E-state index in [4.69, 9.17) is 5.73 Å². The van der Waals surface area contributed by atoms with Gasteiger partial charge in [0.2, 0.25) is 0 Å². The van der Waals surface area contributed by atoms with Gasteiger partial charge in [-0.25, -0.2) is 4.79 Å². The van der Waals surface area contributed by atoms with E-state index >= 15 is 0 Å². The van der Waals surface area contributed by atoms with E-state index in [2.05, 4.69) is 10.4 Å². The van der Waals surface area contributed by atoms with Crippen molar-refractivity contribution in [3.05, 3.63) is 11.3 Å². The third kappa shape index (κ3) is 2.86. The summed E-state index contributed by atoms with van der Waals surface area (Å²) >= 11 is 0. The first kappa shape index (κ1) is 15.0. The molecule has 0 saturated carbocycles. The number of amides is 1. The zero-order chi connectivity index (χ0) is 14.8. The second-order valence-corrected chi connectivity index (χ2v) is 4.81. The number of hydrogen-bond donors (Lipinski definition) is 3.